The maximum absolute atomic E-state index is 12.7. The number of rotatable bonds is 13. The third kappa shape index (κ3) is 9.53. The van der Waals surface area contributed by atoms with Gasteiger partial charge in [0.2, 0.25) is 17.7 Å². The minimum Gasteiger partial charge on any atom is -0.481 e. The summed E-state index contributed by atoms with van der Waals surface area (Å²) in [5.74, 6) is -4.92. The van der Waals surface area contributed by atoms with E-state index >= 15 is 0 Å². The van der Waals surface area contributed by atoms with Crippen LogP contribution in [0.15, 0.2) is 30.3 Å². The number of aliphatic hydroxyl groups is 1. The van der Waals surface area contributed by atoms with E-state index < -0.39 is 60.4 Å². The molecule has 4 unspecified atom stereocenters. The van der Waals surface area contributed by atoms with Gasteiger partial charge in [-0.15, -0.1) is 0 Å². The monoisotopic (exact) mass is 452 g/mol. The molecule has 32 heavy (non-hydrogen) atoms. The smallest absolute Gasteiger partial charge is 0.322 e. The van der Waals surface area contributed by atoms with Crippen molar-refractivity contribution in [1.29, 1.82) is 0 Å². The van der Waals surface area contributed by atoms with Crippen LogP contribution in [0.4, 0.5) is 0 Å². The Bertz CT molecular complexity index is 815. The summed E-state index contributed by atoms with van der Waals surface area (Å²) < 4.78 is 0. The zero-order valence-electron chi connectivity index (χ0n) is 17.5. The summed E-state index contributed by atoms with van der Waals surface area (Å²) in [5, 5.41) is 34.3. The Morgan fingerprint density at radius 2 is 1.56 bits per heavy atom. The minimum atomic E-state index is -1.48. The van der Waals surface area contributed by atoms with Crippen LogP contribution in [0.5, 0.6) is 0 Å². The van der Waals surface area contributed by atoms with Crippen molar-refractivity contribution in [2.75, 3.05) is 6.54 Å². The number of carbonyl (C=O) groups excluding carboxylic acids is 3. The van der Waals surface area contributed by atoms with E-state index in [1.807, 2.05) is 0 Å². The van der Waals surface area contributed by atoms with Crippen molar-refractivity contribution in [3.8, 4) is 0 Å². The molecule has 12 nitrogen and oxygen atoms in total. The Kier molecular flexibility index (Phi) is 10.8. The van der Waals surface area contributed by atoms with Crippen LogP contribution in [0, 0.1) is 0 Å². The van der Waals surface area contributed by atoms with Gasteiger partial charge in [0, 0.05) is 12.8 Å². The van der Waals surface area contributed by atoms with Gasteiger partial charge >= 0.3 is 11.9 Å². The van der Waals surface area contributed by atoms with Gasteiger partial charge in [-0.25, -0.2) is 0 Å². The fourth-order valence-corrected chi connectivity index (χ4v) is 2.68. The van der Waals surface area contributed by atoms with Crippen LogP contribution in [-0.4, -0.2) is 75.8 Å². The normalized spacial score (nSPS) is 14.3. The molecule has 0 heterocycles. The second-order valence-electron chi connectivity index (χ2n) is 7.13. The fraction of sp³-hybridized carbons (Fsp3) is 0.450. The maximum Gasteiger partial charge on any atom is 0.322 e. The summed E-state index contributed by atoms with van der Waals surface area (Å²) >= 11 is 0. The highest BCUT2D eigenvalue weighted by molar-refractivity contribution is 5.94. The van der Waals surface area contributed by atoms with Crippen LogP contribution in [0.1, 0.15) is 25.3 Å². The second kappa shape index (κ2) is 13.0. The second-order valence-corrected chi connectivity index (χ2v) is 7.13. The maximum atomic E-state index is 12.7. The number of aliphatic hydroxyl groups excluding tert-OH is 1. The Morgan fingerprint density at radius 3 is 2.09 bits per heavy atom. The van der Waals surface area contributed by atoms with Crippen LogP contribution in [0.25, 0.3) is 0 Å². The largest absolute Gasteiger partial charge is 0.481 e. The summed E-state index contributed by atoms with van der Waals surface area (Å²) in [4.78, 5) is 58.8. The van der Waals surface area contributed by atoms with Crippen molar-refractivity contribution >= 4 is 29.7 Å². The third-order valence-electron chi connectivity index (χ3n) is 4.40. The molecular formula is C20H28N4O8. The highest BCUT2D eigenvalue weighted by atomic mass is 16.4. The van der Waals surface area contributed by atoms with Crippen LogP contribution in [-0.2, 0) is 30.4 Å². The topological polar surface area (TPSA) is 208 Å². The number of aliphatic carboxylic acids is 2. The van der Waals surface area contributed by atoms with E-state index in [0.29, 0.717) is 5.56 Å². The molecule has 0 aliphatic carbocycles. The average molecular weight is 452 g/mol. The van der Waals surface area contributed by atoms with E-state index in [0.717, 1.165) is 0 Å². The van der Waals surface area contributed by atoms with Crippen LogP contribution in [0.3, 0.4) is 0 Å². The predicted octanol–water partition coefficient (Wildman–Crippen LogP) is -2.03. The number of hydrogen-bond acceptors (Lipinski definition) is 7. The van der Waals surface area contributed by atoms with E-state index in [9.17, 15) is 29.1 Å². The molecule has 4 atom stereocenters. The van der Waals surface area contributed by atoms with Gasteiger partial charge in [0.15, 0.2) is 0 Å². The van der Waals surface area contributed by atoms with Crippen molar-refractivity contribution in [1.82, 2.24) is 16.0 Å². The standard InChI is InChI=1S/C20H28N4O8/c1-11(25)17(24-18(30)13(21)7-8-15(26)27)20(32)23-14(19(31)22-10-16(28)29)9-12-5-3-2-4-6-12/h2-6,11,13-14,17,25H,7-10,21H2,1H3,(H,22,31)(H,23,32)(H,24,30)(H,26,27)(H,28,29). The van der Waals surface area contributed by atoms with Gasteiger partial charge in [-0.05, 0) is 18.9 Å². The predicted molar refractivity (Wildman–Crippen MR) is 111 cm³/mol. The Labute approximate surface area is 184 Å². The van der Waals surface area contributed by atoms with Gasteiger partial charge in [0.1, 0.15) is 18.6 Å². The number of carboxylic acid groups (broad SMARTS) is 2. The summed E-state index contributed by atoms with van der Waals surface area (Å²) in [6, 6.07) is 4.72. The van der Waals surface area contributed by atoms with Crippen molar-refractivity contribution < 1.29 is 39.3 Å². The first-order chi connectivity index (χ1) is 15.0. The van der Waals surface area contributed by atoms with Crippen molar-refractivity contribution in [2.24, 2.45) is 5.73 Å². The lowest BCUT2D eigenvalue weighted by Crippen LogP contribution is -2.59. The summed E-state index contributed by atoms with van der Waals surface area (Å²) in [7, 11) is 0. The van der Waals surface area contributed by atoms with Gasteiger partial charge in [0.05, 0.1) is 12.1 Å². The summed E-state index contributed by atoms with van der Waals surface area (Å²) in [6.45, 7) is 0.582. The molecule has 0 saturated heterocycles. The van der Waals surface area contributed by atoms with Gasteiger partial charge < -0.3 is 37.0 Å². The van der Waals surface area contributed by atoms with Crippen molar-refractivity contribution in [3.63, 3.8) is 0 Å². The molecule has 0 spiro atoms. The summed E-state index contributed by atoms with van der Waals surface area (Å²) in [6.07, 6.45) is -1.88. The molecule has 8 N–H and O–H groups in total. The SMILES string of the molecule is CC(O)C(NC(=O)C(N)CCC(=O)O)C(=O)NC(Cc1ccccc1)C(=O)NCC(=O)O. The van der Waals surface area contributed by atoms with Gasteiger partial charge in [-0.1, -0.05) is 30.3 Å². The fourth-order valence-electron chi connectivity index (χ4n) is 2.68. The molecule has 3 amide bonds. The number of nitrogens with two attached hydrogens (primary N) is 1. The highest BCUT2D eigenvalue weighted by Gasteiger charge is 2.31. The molecule has 1 aromatic rings. The first-order valence-electron chi connectivity index (χ1n) is 9.80. The Hall–Kier alpha value is -3.51. The van der Waals surface area contributed by atoms with Crippen molar-refractivity contribution in [3.05, 3.63) is 35.9 Å². The third-order valence-corrected chi connectivity index (χ3v) is 4.40. The zero-order chi connectivity index (χ0) is 24.3. The molecule has 176 valence electrons. The Morgan fingerprint density at radius 1 is 0.938 bits per heavy atom. The zero-order valence-corrected chi connectivity index (χ0v) is 17.5. The molecule has 0 aliphatic heterocycles. The van der Waals surface area contributed by atoms with Gasteiger partial charge in [-0.3, -0.25) is 24.0 Å². The molecule has 0 aliphatic rings. The molecule has 0 radical (unpaired) electrons. The molecule has 1 aromatic carbocycles. The lowest BCUT2D eigenvalue weighted by molar-refractivity contribution is -0.139. The van der Waals surface area contributed by atoms with E-state index in [1.54, 1.807) is 30.3 Å². The van der Waals surface area contributed by atoms with Crippen LogP contribution < -0.4 is 21.7 Å². The number of carbonyl (C=O) groups is 5. The first kappa shape index (κ1) is 26.5. The molecule has 0 saturated carbocycles. The van der Waals surface area contributed by atoms with E-state index in [4.69, 9.17) is 15.9 Å². The average Bonchev–Trinajstić information content (AvgIpc) is 2.73. The lowest BCUT2D eigenvalue weighted by Gasteiger charge is -2.25. The van der Waals surface area contributed by atoms with Crippen molar-refractivity contribution in [2.45, 2.75) is 50.4 Å². The molecule has 0 fully saturated rings. The molecule has 1 rings (SSSR count). The van der Waals surface area contributed by atoms with E-state index in [2.05, 4.69) is 16.0 Å². The number of hydrogen-bond donors (Lipinski definition) is 7. The number of nitrogens with one attached hydrogen (secondary N) is 3. The highest BCUT2D eigenvalue weighted by Crippen LogP contribution is 2.05. The molecule has 0 bridgehead atoms. The minimum absolute atomic E-state index is 0.0244. The first-order valence-corrected chi connectivity index (χ1v) is 9.80. The Balaban J connectivity index is 2.92. The molecule has 0 aromatic heterocycles. The van der Waals surface area contributed by atoms with Gasteiger partial charge in [-0.2, -0.15) is 0 Å². The lowest BCUT2D eigenvalue weighted by atomic mass is 10.0. The van der Waals surface area contributed by atoms with E-state index in [1.165, 1.54) is 6.92 Å². The summed E-state index contributed by atoms with van der Waals surface area (Å²) in [5.41, 5.74) is 6.30. The number of benzene rings is 1. The van der Waals surface area contributed by atoms with Gasteiger partial charge in [0.25, 0.3) is 0 Å². The quantitative estimate of drug-likeness (QED) is 0.176. The number of carboxylic acids is 2. The van der Waals surface area contributed by atoms with Crippen LogP contribution in [0.2, 0.25) is 0 Å². The number of amides is 3. The molecular weight excluding hydrogens is 424 g/mol. The van der Waals surface area contributed by atoms with E-state index in [-0.39, 0.29) is 19.3 Å². The van der Waals surface area contributed by atoms with Crippen LogP contribution >= 0.6 is 0 Å². The molecule has 12 heteroatoms.